The Morgan fingerprint density at radius 3 is 2.77 bits per heavy atom. The Balaban J connectivity index is 1.79. The molecule has 2 aromatic rings. The predicted molar refractivity (Wildman–Crippen MR) is 110 cm³/mol. The molecule has 2 aromatic heterocycles. The van der Waals surface area contributed by atoms with Gasteiger partial charge in [0.05, 0.1) is 11.4 Å². The molecule has 0 saturated carbocycles. The summed E-state index contributed by atoms with van der Waals surface area (Å²) in [5, 5.41) is 3.82. The highest BCUT2D eigenvalue weighted by atomic mass is 32.3. The van der Waals surface area contributed by atoms with Gasteiger partial charge >= 0.3 is 6.61 Å². The van der Waals surface area contributed by atoms with E-state index in [9.17, 15) is 22.7 Å². The third-order valence-corrected chi connectivity index (χ3v) is 8.18. The number of aromatic nitrogens is 2. The molecule has 3 rings (SSSR count). The van der Waals surface area contributed by atoms with Gasteiger partial charge in [0.2, 0.25) is 5.96 Å². The van der Waals surface area contributed by atoms with Gasteiger partial charge in [0, 0.05) is 12.4 Å². The molecule has 30 heavy (non-hydrogen) atoms. The van der Waals surface area contributed by atoms with E-state index in [4.69, 9.17) is 5.73 Å². The Morgan fingerprint density at radius 1 is 1.47 bits per heavy atom. The molecular weight excluding hydrogens is 442 g/mol. The third kappa shape index (κ3) is 4.03. The summed E-state index contributed by atoms with van der Waals surface area (Å²) in [5.41, 5.74) is 4.71. The Hall–Kier alpha value is -2.55. The van der Waals surface area contributed by atoms with Crippen molar-refractivity contribution in [1.29, 1.82) is 0 Å². The van der Waals surface area contributed by atoms with Crippen LogP contribution < -0.4 is 15.8 Å². The van der Waals surface area contributed by atoms with E-state index in [1.165, 1.54) is 30.5 Å². The van der Waals surface area contributed by atoms with Crippen molar-refractivity contribution >= 4 is 39.8 Å². The van der Waals surface area contributed by atoms with Crippen LogP contribution in [0.15, 0.2) is 28.7 Å². The van der Waals surface area contributed by atoms with Crippen LogP contribution in [0.5, 0.6) is 5.75 Å². The van der Waals surface area contributed by atoms with Crippen LogP contribution in [0.1, 0.15) is 29.3 Å². The molecule has 0 radical (unpaired) electrons. The van der Waals surface area contributed by atoms with Crippen molar-refractivity contribution in [3.05, 3.63) is 34.4 Å². The van der Waals surface area contributed by atoms with Crippen molar-refractivity contribution in [2.24, 2.45) is 10.7 Å². The number of nitrogens with one attached hydrogen (secondary N) is 1. The van der Waals surface area contributed by atoms with Gasteiger partial charge in [0.25, 0.3) is 5.91 Å². The largest absolute Gasteiger partial charge is 0.433 e. The van der Waals surface area contributed by atoms with E-state index in [0.29, 0.717) is 5.01 Å². The van der Waals surface area contributed by atoms with Crippen molar-refractivity contribution in [2.45, 2.75) is 31.2 Å². The molecule has 0 fully saturated rings. The van der Waals surface area contributed by atoms with Crippen LogP contribution in [-0.2, 0) is 5.54 Å². The van der Waals surface area contributed by atoms with E-state index in [0.717, 1.165) is 10.5 Å². The topological polar surface area (TPSA) is 146 Å². The average molecular weight is 463 g/mol. The number of carbonyl (C=O) groups excluding carboxylic acids is 1. The highest BCUT2D eigenvalue weighted by Gasteiger charge is 2.49. The fourth-order valence-electron chi connectivity index (χ4n) is 2.73. The van der Waals surface area contributed by atoms with E-state index in [1.54, 1.807) is 19.2 Å². The first kappa shape index (κ1) is 22.1. The van der Waals surface area contributed by atoms with E-state index >= 15 is 0 Å². The lowest BCUT2D eigenvalue weighted by atomic mass is 10.0. The first-order valence-electron chi connectivity index (χ1n) is 8.49. The highest BCUT2D eigenvalue weighted by molar-refractivity contribution is 8.23. The maximum Gasteiger partial charge on any atom is 0.387 e. The lowest BCUT2D eigenvalue weighted by Crippen LogP contribution is -2.52. The number of aliphatic imine (C=N–C) groups is 1. The van der Waals surface area contributed by atoms with Crippen LogP contribution in [0.4, 0.5) is 14.6 Å². The monoisotopic (exact) mass is 462 g/mol. The first-order valence-corrected chi connectivity index (χ1v) is 10.9. The second-order valence-corrected chi connectivity index (χ2v) is 9.80. The Labute approximate surface area is 176 Å². The number of rotatable bonds is 5. The number of anilines is 1. The quantitative estimate of drug-likeness (QED) is 0.530. The SMILES string of the molecule is C[C@H]1[C@@](C)(c2nc(NC(=O)c3ccc(OC(F)F)cn3)cs2)N=C(N)N(C)S1(O)O. The lowest BCUT2D eigenvalue weighted by molar-refractivity contribution is -0.0500. The van der Waals surface area contributed by atoms with E-state index in [2.05, 4.69) is 25.0 Å². The van der Waals surface area contributed by atoms with Crippen molar-refractivity contribution in [1.82, 2.24) is 14.3 Å². The lowest BCUT2D eigenvalue weighted by Gasteiger charge is -2.53. The Bertz CT molecular complexity index is 971. The molecule has 1 aliphatic heterocycles. The standard InChI is InChI=1S/C16H20F2N6O4S2/c1-8-16(2,23-15(19)24(3)30(8,26)27)13-22-11(7-29-13)21-12(25)10-5-4-9(6-20-10)28-14(17)18/h4-8,14,26-27H,1-3H3,(H2,19,23)(H,21,25)/t8-,16-/m0/s1. The van der Waals surface area contributed by atoms with Gasteiger partial charge in [-0.3, -0.25) is 13.9 Å². The smallest absolute Gasteiger partial charge is 0.387 e. The van der Waals surface area contributed by atoms with Crippen LogP contribution in [0, 0.1) is 0 Å². The summed E-state index contributed by atoms with van der Waals surface area (Å²) < 4.78 is 50.7. The first-order chi connectivity index (χ1) is 13.9. The number of alkyl halides is 2. The maximum absolute atomic E-state index is 12.3. The van der Waals surface area contributed by atoms with Gasteiger partial charge in [-0.15, -0.1) is 22.1 Å². The minimum absolute atomic E-state index is 0.0264. The highest BCUT2D eigenvalue weighted by Crippen LogP contribution is 2.57. The number of nitrogens with two attached hydrogens (primary N) is 1. The fraction of sp³-hybridized carbons (Fsp3) is 0.375. The Kier molecular flexibility index (Phi) is 5.86. The number of guanidine groups is 1. The predicted octanol–water partition coefficient (Wildman–Crippen LogP) is 2.92. The van der Waals surface area contributed by atoms with Gasteiger partial charge in [0.15, 0.2) is 0 Å². The van der Waals surface area contributed by atoms with E-state index < -0.39 is 34.1 Å². The molecule has 0 unspecified atom stereocenters. The van der Waals surface area contributed by atoms with Gasteiger partial charge in [-0.05, 0) is 26.0 Å². The second kappa shape index (κ2) is 7.94. The summed E-state index contributed by atoms with van der Waals surface area (Å²) in [6, 6.07) is 2.44. The molecular formula is C16H20F2N6O4S2. The van der Waals surface area contributed by atoms with E-state index in [1.807, 2.05) is 0 Å². The van der Waals surface area contributed by atoms with Crippen LogP contribution in [0.25, 0.3) is 0 Å². The molecule has 0 spiro atoms. The summed E-state index contributed by atoms with van der Waals surface area (Å²) in [5.74, 6) is -0.612. The molecule has 0 bridgehead atoms. The molecule has 1 aliphatic rings. The molecule has 0 aliphatic carbocycles. The summed E-state index contributed by atoms with van der Waals surface area (Å²) in [6.45, 7) is 0.326. The molecule has 10 nitrogen and oxygen atoms in total. The number of carbonyl (C=O) groups is 1. The zero-order valence-electron chi connectivity index (χ0n) is 16.1. The van der Waals surface area contributed by atoms with E-state index in [-0.39, 0.29) is 23.2 Å². The summed E-state index contributed by atoms with van der Waals surface area (Å²) >= 11 is 1.17. The Morgan fingerprint density at radius 2 is 2.17 bits per heavy atom. The molecule has 3 heterocycles. The van der Waals surface area contributed by atoms with Gasteiger partial charge in [-0.2, -0.15) is 8.78 Å². The van der Waals surface area contributed by atoms with Crippen molar-refractivity contribution in [2.75, 3.05) is 12.4 Å². The zero-order valence-corrected chi connectivity index (χ0v) is 17.7. The molecule has 0 aromatic carbocycles. The number of halogens is 2. The third-order valence-electron chi connectivity index (χ3n) is 4.71. The summed E-state index contributed by atoms with van der Waals surface area (Å²) in [4.78, 5) is 24.9. The number of thiazole rings is 1. The van der Waals surface area contributed by atoms with Crippen molar-refractivity contribution in [3.63, 3.8) is 0 Å². The number of ether oxygens (including phenoxy) is 1. The van der Waals surface area contributed by atoms with Crippen LogP contribution in [-0.4, -0.2) is 54.2 Å². The number of pyridine rings is 1. The normalized spacial score (nSPS) is 24.3. The van der Waals surface area contributed by atoms with Crippen molar-refractivity contribution in [3.8, 4) is 5.75 Å². The minimum atomic E-state index is -3.23. The van der Waals surface area contributed by atoms with Crippen LogP contribution in [0.2, 0.25) is 0 Å². The van der Waals surface area contributed by atoms with Gasteiger partial charge in [-0.1, -0.05) is 0 Å². The summed E-state index contributed by atoms with van der Waals surface area (Å²) in [7, 11) is -1.79. The van der Waals surface area contributed by atoms with Gasteiger partial charge in [-0.25, -0.2) is 19.3 Å². The van der Waals surface area contributed by atoms with Crippen molar-refractivity contribution < 1.29 is 27.4 Å². The van der Waals surface area contributed by atoms with Gasteiger partial charge < -0.3 is 15.8 Å². The number of hydrogen-bond donors (Lipinski definition) is 4. The zero-order chi connectivity index (χ0) is 22.3. The number of nitrogens with zero attached hydrogens (tertiary/aromatic N) is 4. The molecule has 14 heteroatoms. The fourth-order valence-corrected chi connectivity index (χ4v) is 5.33. The molecule has 5 N–H and O–H groups in total. The molecule has 164 valence electrons. The second-order valence-electron chi connectivity index (χ2n) is 6.57. The molecule has 0 saturated heterocycles. The average Bonchev–Trinajstić information content (AvgIpc) is 3.14. The van der Waals surface area contributed by atoms with Gasteiger partial charge in [0.1, 0.15) is 27.8 Å². The minimum Gasteiger partial charge on any atom is -0.433 e. The molecule has 2 atom stereocenters. The van der Waals surface area contributed by atoms with Crippen LogP contribution >= 0.6 is 22.1 Å². The molecule has 1 amide bonds. The summed E-state index contributed by atoms with van der Waals surface area (Å²) in [6.07, 6.45) is 1.01. The number of hydrogen-bond acceptors (Lipinski definition) is 10. The maximum atomic E-state index is 12.3. The number of amides is 1. The van der Waals surface area contributed by atoms with Crippen LogP contribution in [0.3, 0.4) is 0 Å².